The predicted molar refractivity (Wildman–Crippen MR) is 103 cm³/mol. The zero-order valence-corrected chi connectivity index (χ0v) is 15.1. The third-order valence-corrected chi connectivity index (χ3v) is 4.85. The van der Waals surface area contributed by atoms with E-state index in [1.807, 2.05) is 25.1 Å². The Bertz CT molecular complexity index is 958. The molecule has 1 heterocycles. The number of nitrogens with zero attached hydrogens (tertiary/aromatic N) is 1. The summed E-state index contributed by atoms with van der Waals surface area (Å²) in [5.74, 6) is 1.69. The zero-order valence-electron chi connectivity index (χ0n) is 15.1. The summed E-state index contributed by atoms with van der Waals surface area (Å²) in [5, 5.41) is 3.25. The van der Waals surface area contributed by atoms with Crippen LogP contribution < -0.4 is 5.32 Å². The fourth-order valence-electron chi connectivity index (χ4n) is 3.46. The molecule has 0 saturated heterocycles. The molecule has 26 heavy (non-hydrogen) atoms. The molecule has 0 aliphatic heterocycles. The molecule has 4 rings (SSSR count). The van der Waals surface area contributed by atoms with Crippen LogP contribution in [0.4, 0.5) is 5.69 Å². The van der Waals surface area contributed by atoms with Crippen molar-refractivity contribution in [2.24, 2.45) is 0 Å². The maximum absolute atomic E-state index is 12.4. The van der Waals surface area contributed by atoms with Gasteiger partial charge in [-0.1, -0.05) is 30.3 Å². The number of carbonyl (C=O) groups excluding carboxylic acids is 1. The molecule has 4 nitrogen and oxygen atoms in total. The summed E-state index contributed by atoms with van der Waals surface area (Å²) in [5.41, 5.74) is 6.26. The Labute approximate surface area is 153 Å². The number of amides is 1. The molecule has 0 unspecified atom stereocenters. The molecule has 1 N–H and O–H groups in total. The van der Waals surface area contributed by atoms with Crippen LogP contribution in [0.5, 0.6) is 0 Å². The monoisotopic (exact) mass is 346 g/mol. The number of rotatable bonds is 5. The molecule has 4 heteroatoms. The van der Waals surface area contributed by atoms with Crippen molar-refractivity contribution in [3.05, 3.63) is 77.2 Å². The van der Waals surface area contributed by atoms with Crippen LogP contribution in [0.25, 0.3) is 11.1 Å². The van der Waals surface area contributed by atoms with Gasteiger partial charge >= 0.3 is 0 Å². The number of likely N-dealkylation sites (N-methyl/N-ethyl adjacent to an activating group) is 1. The molecule has 132 valence electrons. The summed E-state index contributed by atoms with van der Waals surface area (Å²) in [6.07, 6.45) is 0.951. The van der Waals surface area contributed by atoms with E-state index in [1.165, 1.54) is 22.3 Å². The fourth-order valence-corrected chi connectivity index (χ4v) is 3.46. The minimum Gasteiger partial charge on any atom is -0.464 e. The highest BCUT2D eigenvalue weighted by molar-refractivity contribution is 5.82. The number of fused-ring (bicyclic) bond motifs is 3. The average Bonchev–Trinajstić information content (AvgIpc) is 3.22. The maximum atomic E-state index is 12.4. The minimum atomic E-state index is 0.0304. The SMILES string of the molecule is Cc1ccc(CN(C)C(=O)CNc2ccc3c(c2)Cc2ccccc2-3)o1. The van der Waals surface area contributed by atoms with Gasteiger partial charge in [0.1, 0.15) is 11.5 Å². The highest BCUT2D eigenvalue weighted by atomic mass is 16.3. The van der Waals surface area contributed by atoms with Crippen molar-refractivity contribution in [1.82, 2.24) is 4.90 Å². The lowest BCUT2D eigenvalue weighted by Gasteiger charge is -2.17. The standard InChI is InChI=1S/C22H22N2O2/c1-15-7-9-19(26-15)14-24(2)22(25)13-23-18-8-10-21-17(12-18)11-16-5-3-4-6-20(16)21/h3-10,12,23H,11,13-14H2,1-2H3. The molecular weight excluding hydrogens is 324 g/mol. The number of carbonyl (C=O) groups is 1. The second-order valence-electron chi connectivity index (χ2n) is 6.82. The summed E-state index contributed by atoms with van der Waals surface area (Å²) in [6.45, 7) is 2.65. The molecule has 0 bridgehead atoms. The first kappa shape index (κ1) is 16.5. The number of hydrogen-bond acceptors (Lipinski definition) is 3. The Balaban J connectivity index is 1.38. The minimum absolute atomic E-state index is 0.0304. The van der Waals surface area contributed by atoms with Gasteiger partial charge in [0.15, 0.2) is 0 Å². The first-order valence-corrected chi connectivity index (χ1v) is 8.84. The normalized spacial score (nSPS) is 11.8. The smallest absolute Gasteiger partial charge is 0.242 e. The van der Waals surface area contributed by atoms with E-state index in [0.29, 0.717) is 6.54 Å². The molecule has 1 amide bonds. The van der Waals surface area contributed by atoms with E-state index in [2.05, 4.69) is 41.7 Å². The number of hydrogen-bond donors (Lipinski definition) is 1. The summed E-state index contributed by atoms with van der Waals surface area (Å²) in [7, 11) is 1.79. The van der Waals surface area contributed by atoms with Crippen LogP contribution in [0.2, 0.25) is 0 Å². The Morgan fingerprint density at radius 2 is 1.88 bits per heavy atom. The number of anilines is 1. The van der Waals surface area contributed by atoms with Crippen molar-refractivity contribution in [3.63, 3.8) is 0 Å². The lowest BCUT2D eigenvalue weighted by atomic mass is 10.1. The lowest BCUT2D eigenvalue weighted by molar-refractivity contribution is -0.128. The summed E-state index contributed by atoms with van der Waals surface area (Å²) in [6, 6.07) is 18.7. The van der Waals surface area contributed by atoms with Gasteiger partial charge in [0.2, 0.25) is 5.91 Å². The van der Waals surface area contributed by atoms with E-state index in [-0.39, 0.29) is 12.5 Å². The van der Waals surface area contributed by atoms with Crippen LogP contribution in [0.15, 0.2) is 59.0 Å². The van der Waals surface area contributed by atoms with E-state index in [9.17, 15) is 4.79 Å². The second kappa shape index (κ2) is 6.71. The van der Waals surface area contributed by atoms with Gasteiger partial charge in [-0.15, -0.1) is 0 Å². The van der Waals surface area contributed by atoms with Crippen LogP contribution in [-0.2, 0) is 17.8 Å². The Morgan fingerprint density at radius 3 is 2.69 bits per heavy atom. The van der Waals surface area contributed by atoms with E-state index in [0.717, 1.165) is 23.6 Å². The largest absolute Gasteiger partial charge is 0.464 e. The molecule has 2 aromatic carbocycles. The molecule has 0 atom stereocenters. The third kappa shape index (κ3) is 3.23. The molecule has 0 radical (unpaired) electrons. The highest BCUT2D eigenvalue weighted by Crippen LogP contribution is 2.37. The van der Waals surface area contributed by atoms with Crippen LogP contribution in [0, 0.1) is 6.92 Å². The van der Waals surface area contributed by atoms with E-state index >= 15 is 0 Å². The number of aryl methyl sites for hydroxylation is 1. The van der Waals surface area contributed by atoms with Gasteiger partial charge in [0, 0.05) is 12.7 Å². The van der Waals surface area contributed by atoms with Gasteiger partial charge in [-0.2, -0.15) is 0 Å². The average molecular weight is 346 g/mol. The van der Waals surface area contributed by atoms with Gasteiger partial charge in [0.25, 0.3) is 0 Å². The van der Waals surface area contributed by atoms with Crippen molar-refractivity contribution in [1.29, 1.82) is 0 Å². The topological polar surface area (TPSA) is 45.5 Å². The maximum Gasteiger partial charge on any atom is 0.242 e. The van der Waals surface area contributed by atoms with Crippen molar-refractivity contribution in [2.45, 2.75) is 19.9 Å². The molecule has 0 fully saturated rings. The van der Waals surface area contributed by atoms with Crippen LogP contribution in [0.3, 0.4) is 0 Å². The number of benzene rings is 2. The van der Waals surface area contributed by atoms with Crippen molar-refractivity contribution in [2.75, 3.05) is 18.9 Å². The summed E-state index contributed by atoms with van der Waals surface area (Å²) in [4.78, 5) is 14.0. The second-order valence-corrected chi connectivity index (χ2v) is 6.82. The summed E-state index contributed by atoms with van der Waals surface area (Å²) < 4.78 is 5.53. The molecule has 1 aliphatic rings. The van der Waals surface area contributed by atoms with Crippen molar-refractivity contribution in [3.8, 4) is 11.1 Å². The van der Waals surface area contributed by atoms with E-state index < -0.39 is 0 Å². The molecule has 1 aliphatic carbocycles. The molecule has 0 spiro atoms. The van der Waals surface area contributed by atoms with Crippen molar-refractivity contribution < 1.29 is 9.21 Å². The molecular formula is C22H22N2O2. The fraction of sp³-hybridized carbons (Fsp3) is 0.227. The Morgan fingerprint density at radius 1 is 1.08 bits per heavy atom. The Kier molecular flexibility index (Phi) is 4.25. The van der Waals surface area contributed by atoms with Crippen LogP contribution in [-0.4, -0.2) is 24.4 Å². The van der Waals surface area contributed by atoms with Crippen LogP contribution in [0.1, 0.15) is 22.6 Å². The van der Waals surface area contributed by atoms with Crippen LogP contribution >= 0.6 is 0 Å². The first-order valence-electron chi connectivity index (χ1n) is 8.84. The first-order chi connectivity index (χ1) is 12.6. The van der Waals surface area contributed by atoms with Gasteiger partial charge in [-0.25, -0.2) is 0 Å². The molecule has 0 saturated carbocycles. The molecule has 1 aromatic heterocycles. The van der Waals surface area contributed by atoms with Gasteiger partial charge in [-0.3, -0.25) is 4.79 Å². The highest BCUT2D eigenvalue weighted by Gasteiger charge is 2.18. The predicted octanol–water partition coefficient (Wildman–Crippen LogP) is 4.23. The van der Waals surface area contributed by atoms with Gasteiger partial charge < -0.3 is 14.6 Å². The molecule has 3 aromatic rings. The van der Waals surface area contributed by atoms with Gasteiger partial charge in [0.05, 0.1) is 13.1 Å². The Hall–Kier alpha value is -3.01. The summed E-state index contributed by atoms with van der Waals surface area (Å²) >= 11 is 0. The quantitative estimate of drug-likeness (QED) is 0.588. The number of furan rings is 1. The van der Waals surface area contributed by atoms with Crippen molar-refractivity contribution >= 4 is 11.6 Å². The lowest BCUT2D eigenvalue weighted by Crippen LogP contribution is -2.31. The van der Waals surface area contributed by atoms with Gasteiger partial charge in [-0.05, 0) is 59.9 Å². The number of nitrogens with one attached hydrogen (secondary N) is 1. The zero-order chi connectivity index (χ0) is 18.1. The third-order valence-electron chi connectivity index (χ3n) is 4.85. The van der Waals surface area contributed by atoms with E-state index in [4.69, 9.17) is 4.42 Å². The van der Waals surface area contributed by atoms with E-state index in [1.54, 1.807) is 11.9 Å².